The Balaban J connectivity index is 4.27. The number of aliphatic hydroxyl groups excluding tert-OH is 1. The molecule has 0 saturated carbocycles. The van der Waals surface area contributed by atoms with Crippen LogP contribution in [0.25, 0.3) is 0 Å². The van der Waals surface area contributed by atoms with Crippen LogP contribution in [-0.4, -0.2) is 11.2 Å². The zero-order valence-corrected chi connectivity index (χ0v) is 10.1. The summed E-state index contributed by atoms with van der Waals surface area (Å²) in [7, 11) is 0. The average molecular weight is 186 g/mol. The van der Waals surface area contributed by atoms with E-state index >= 15 is 0 Å². The van der Waals surface area contributed by atoms with E-state index in [-0.39, 0.29) is 16.9 Å². The lowest BCUT2D eigenvalue weighted by Gasteiger charge is -2.42. The van der Waals surface area contributed by atoms with Gasteiger partial charge in [-0.2, -0.15) is 0 Å². The number of aliphatic hydroxyl groups is 1. The van der Waals surface area contributed by atoms with Gasteiger partial charge < -0.3 is 5.11 Å². The van der Waals surface area contributed by atoms with E-state index in [2.05, 4.69) is 41.5 Å². The summed E-state index contributed by atoms with van der Waals surface area (Å²) < 4.78 is 0. The van der Waals surface area contributed by atoms with Crippen LogP contribution in [0.1, 0.15) is 60.8 Å². The van der Waals surface area contributed by atoms with Gasteiger partial charge in [0.05, 0.1) is 6.10 Å². The largest absolute Gasteiger partial charge is 0.393 e. The molecule has 0 saturated heterocycles. The van der Waals surface area contributed by atoms with E-state index in [1.807, 2.05) is 0 Å². The maximum absolute atomic E-state index is 10.0. The van der Waals surface area contributed by atoms with Gasteiger partial charge in [-0.05, 0) is 17.3 Å². The molecule has 1 unspecified atom stereocenters. The van der Waals surface area contributed by atoms with Crippen molar-refractivity contribution in [3.63, 3.8) is 0 Å². The molecule has 0 aliphatic rings. The molecule has 0 heterocycles. The third kappa shape index (κ3) is 3.30. The summed E-state index contributed by atoms with van der Waals surface area (Å²) in [5, 5.41) is 10.0. The predicted octanol–water partition coefficient (Wildman–Crippen LogP) is 3.61. The van der Waals surface area contributed by atoms with E-state index < -0.39 is 0 Å². The maximum Gasteiger partial charge on any atom is 0.0596 e. The number of rotatable bonds is 4. The van der Waals surface area contributed by atoms with Gasteiger partial charge in [0, 0.05) is 0 Å². The highest BCUT2D eigenvalue weighted by Crippen LogP contribution is 2.42. The Hall–Kier alpha value is -0.0400. The predicted molar refractivity (Wildman–Crippen MR) is 58.8 cm³/mol. The van der Waals surface area contributed by atoms with Crippen LogP contribution in [0.2, 0.25) is 0 Å². The molecule has 0 aliphatic heterocycles. The van der Waals surface area contributed by atoms with Crippen LogP contribution in [0.3, 0.4) is 0 Å². The van der Waals surface area contributed by atoms with Gasteiger partial charge in [-0.3, -0.25) is 0 Å². The van der Waals surface area contributed by atoms with E-state index in [4.69, 9.17) is 0 Å². The van der Waals surface area contributed by atoms with E-state index in [9.17, 15) is 5.11 Å². The van der Waals surface area contributed by atoms with Crippen molar-refractivity contribution in [2.45, 2.75) is 66.9 Å². The molecule has 0 aromatic rings. The van der Waals surface area contributed by atoms with Crippen LogP contribution in [0.15, 0.2) is 0 Å². The van der Waals surface area contributed by atoms with Gasteiger partial charge in [0.15, 0.2) is 0 Å². The fraction of sp³-hybridized carbons (Fsp3) is 1.00. The topological polar surface area (TPSA) is 20.2 Å². The van der Waals surface area contributed by atoms with E-state index in [0.717, 1.165) is 19.3 Å². The van der Waals surface area contributed by atoms with Crippen LogP contribution < -0.4 is 0 Å². The third-order valence-corrected chi connectivity index (χ3v) is 3.60. The molecule has 1 N–H and O–H groups in total. The van der Waals surface area contributed by atoms with Gasteiger partial charge in [0.2, 0.25) is 0 Å². The number of hydrogen-bond acceptors (Lipinski definition) is 1. The van der Waals surface area contributed by atoms with Gasteiger partial charge in [-0.25, -0.2) is 0 Å². The molecule has 1 atom stereocenters. The van der Waals surface area contributed by atoms with Crippen molar-refractivity contribution >= 4 is 0 Å². The SMILES string of the molecule is CCCCC(O)C(C)(C)C(C)(C)C. The van der Waals surface area contributed by atoms with Crippen molar-refractivity contribution in [1.82, 2.24) is 0 Å². The van der Waals surface area contributed by atoms with Crippen molar-refractivity contribution in [2.75, 3.05) is 0 Å². The molecule has 0 spiro atoms. The molecular formula is C12H26O. The van der Waals surface area contributed by atoms with Gasteiger partial charge in [0.1, 0.15) is 0 Å². The van der Waals surface area contributed by atoms with Crippen LogP contribution >= 0.6 is 0 Å². The first-order valence-corrected chi connectivity index (χ1v) is 5.41. The molecule has 0 aliphatic carbocycles. The molecule has 0 bridgehead atoms. The van der Waals surface area contributed by atoms with Crippen molar-refractivity contribution < 1.29 is 5.11 Å². The molecule has 1 heteroatoms. The standard InChI is InChI=1S/C12H26O/c1-7-8-9-10(13)12(5,6)11(2,3)4/h10,13H,7-9H2,1-6H3. The zero-order chi connectivity index (χ0) is 10.7. The first-order chi connectivity index (χ1) is 5.73. The summed E-state index contributed by atoms with van der Waals surface area (Å²) in [5.41, 5.74) is 0.169. The molecule has 0 rings (SSSR count). The smallest absolute Gasteiger partial charge is 0.0596 e. The molecule has 1 nitrogen and oxygen atoms in total. The molecule has 80 valence electrons. The van der Waals surface area contributed by atoms with Crippen LogP contribution in [0.5, 0.6) is 0 Å². The maximum atomic E-state index is 10.0. The molecule has 0 fully saturated rings. The van der Waals surface area contributed by atoms with Gasteiger partial charge in [-0.1, -0.05) is 54.4 Å². The third-order valence-electron chi connectivity index (χ3n) is 3.60. The van der Waals surface area contributed by atoms with Crippen LogP contribution in [0, 0.1) is 10.8 Å². The number of unbranched alkanes of at least 4 members (excludes halogenated alkanes) is 1. The quantitative estimate of drug-likeness (QED) is 0.711. The normalized spacial score (nSPS) is 15.9. The molecule has 0 amide bonds. The second kappa shape index (κ2) is 4.45. The van der Waals surface area contributed by atoms with Crippen molar-refractivity contribution in [1.29, 1.82) is 0 Å². The summed E-state index contributed by atoms with van der Waals surface area (Å²) in [4.78, 5) is 0. The van der Waals surface area contributed by atoms with E-state index in [1.54, 1.807) is 0 Å². The summed E-state index contributed by atoms with van der Waals surface area (Å²) in [6.45, 7) is 13.1. The van der Waals surface area contributed by atoms with E-state index in [0.29, 0.717) is 0 Å². The number of hydrogen-bond donors (Lipinski definition) is 1. The first-order valence-electron chi connectivity index (χ1n) is 5.41. The van der Waals surface area contributed by atoms with E-state index in [1.165, 1.54) is 0 Å². The van der Waals surface area contributed by atoms with Crippen molar-refractivity contribution in [2.24, 2.45) is 10.8 Å². The Morgan fingerprint density at radius 3 is 1.85 bits per heavy atom. The Bertz CT molecular complexity index is 142. The minimum atomic E-state index is -0.174. The first kappa shape index (κ1) is 13.0. The van der Waals surface area contributed by atoms with Crippen LogP contribution in [0.4, 0.5) is 0 Å². The lowest BCUT2D eigenvalue weighted by molar-refractivity contribution is -0.0325. The molecular weight excluding hydrogens is 160 g/mol. The monoisotopic (exact) mass is 186 g/mol. The highest BCUT2D eigenvalue weighted by molar-refractivity contribution is 4.88. The summed E-state index contributed by atoms with van der Waals surface area (Å²) >= 11 is 0. The Labute approximate surface area is 83.5 Å². The van der Waals surface area contributed by atoms with Crippen LogP contribution in [-0.2, 0) is 0 Å². The zero-order valence-electron chi connectivity index (χ0n) is 10.1. The average Bonchev–Trinajstić information content (AvgIpc) is 1.97. The van der Waals surface area contributed by atoms with Gasteiger partial charge >= 0.3 is 0 Å². The Kier molecular flexibility index (Phi) is 4.44. The molecule has 13 heavy (non-hydrogen) atoms. The van der Waals surface area contributed by atoms with Crippen molar-refractivity contribution in [3.05, 3.63) is 0 Å². The Morgan fingerprint density at radius 1 is 1.08 bits per heavy atom. The van der Waals surface area contributed by atoms with Gasteiger partial charge in [-0.15, -0.1) is 0 Å². The second-order valence-electron chi connectivity index (χ2n) is 5.63. The molecule has 0 radical (unpaired) electrons. The van der Waals surface area contributed by atoms with Gasteiger partial charge in [0.25, 0.3) is 0 Å². The summed E-state index contributed by atoms with van der Waals surface area (Å²) in [6.07, 6.45) is 3.05. The highest BCUT2D eigenvalue weighted by atomic mass is 16.3. The molecule has 0 aromatic carbocycles. The van der Waals surface area contributed by atoms with Crippen molar-refractivity contribution in [3.8, 4) is 0 Å². The minimum absolute atomic E-state index is 0.00215. The minimum Gasteiger partial charge on any atom is -0.393 e. The summed E-state index contributed by atoms with van der Waals surface area (Å²) in [6, 6.07) is 0. The Morgan fingerprint density at radius 2 is 1.54 bits per heavy atom. The fourth-order valence-electron chi connectivity index (χ4n) is 1.26. The fourth-order valence-corrected chi connectivity index (χ4v) is 1.26. The summed E-state index contributed by atoms with van der Waals surface area (Å²) in [5.74, 6) is 0. The lowest BCUT2D eigenvalue weighted by atomic mass is 9.65. The second-order valence-corrected chi connectivity index (χ2v) is 5.63. The lowest BCUT2D eigenvalue weighted by Crippen LogP contribution is -2.40. The highest BCUT2D eigenvalue weighted by Gasteiger charge is 2.38. The molecule has 0 aromatic heterocycles.